The standard InChI is InChI=1S/C24H30N4O4/c1-3-27(4-2)23(30)18-7-5-9-20(15-18)25-17-22(29)26-21-10-6-8-19(16-21)24(31)28-11-13-32-14-12-28/h5-10,15-16,25H,3-4,11-14,17H2,1-2H3,(H,26,29). The molecule has 2 N–H and O–H groups in total. The molecule has 8 heteroatoms. The zero-order valence-corrected chi connectivity index (χ0v) is 18.6. The van der Waals surface area contributed by atoms with Gasteiger partial charge in [0.15, 0.2) is 0 Å². The first kappa shape index (κ1) is 23.3. The first-order valence-electron chi connectivity index (χ1n) is 10.9. The third kappa shape index (κ3) is 6.07. The van der Waals surface area contributed by atoms with Gasteiger partial charge in [-0.25, -0.2) is 0 Å². The molecule has 32 heavy (non-hydrogen) atoms. The van der Waals surface area contributed by atoms with Crippen LogP contribution in [-0.2, 0) is 9.53 Å². The summed E-state index contributed by atoms with van der Waals surface area (Å²) in [7, 11) is 0. The molecule has 170 valence electrons. The third-order valence-corrected chi connectivity index (χ3v) is 5.30. The van der Waals surface area contributed by atoms with Crippen molar-refractivity contribution < 1.29 is 19.1 Å². The Hall–Kier alpha value is -3.39. The van der Waals surface area contributed by atoms with Gasteiger partial charge < -0.3 is 25.2 Å². The predicted molar refractivity (Wildman–Crippen MR) is 124 cm³/mol. The van der Waals surface area contributed by atoms with Gasteiger partial charge in [-0.3, -0.25) is 14.4 Å². The molecule has 0 atom stereocenters. The molecule has 2 aromatic carbocycles. The molecule has 0 radical (unpaired) electrons. The highest BCUT2D eigenvalue weighted by Crippen LogP contribution is 2.15. The Morgan fingerprint density at radius 2 is 1.56 bits per heavy atom. The number of carbonyl (C=O) groups excluding carboxylic acids is 3. The van der Waals surface area contributed by atoms with Crippen molar-refractivity contribution in [3.63, 3.8) is 0 Å². The van der Waals surface area contributed by atoms with Gasteiger partial charge in [0.1, 0.15) is 0 Å². The second-order valence-electron chi connectivity index (χ2n) is 7.45. The van der Waals surface area contributed by atoms with Gasteiger partial charge in [-0.1, -0.05) is 12.1 Å². The van der Waals surface area contributed by atoms with E-state index in [4.69, 9.17) is 4.74 Å². The number of anilines is 2. The molecule has 3 amide bonds. The van der Waals surface area contributed by atoms with Crippen LogP contribution < -0.4 is 10.6 Å². The van der Waals surface area contributed by atoms with Crippen LogP contribution in [0.5, 0.6) is 0 Å². The highest BCUT2D eigenvalue weighted by atomic mass is 16.5. The molecule has 1 saturated heterocycles. The number of hydrogen-bond donors (Lipinski definition) is 2. The minimum atomic E-state index is -0.249. The molecule has 0 bridgehead atoms. The Labute approximate surface area is 188 Å². The number of nitrogens with zero attached hydrogens (tertiary/aromatic N) is 2. The molecule has 0 aromatic heterocycles. The molecule has 3 rings (SSSR count). The number of nitrogens with one attached hydrogen (secondary N) is 2. The number of hydrogen-bond acceptors (Lipinski definition) is 5. The fourth-order valence-corrected chi connectivity index (χ4v) is 3.52. The predicted octanol–water partition coefficient (Wildman–Crippen LogP) is 2.69. The zero-order chi connectivity index (χ0) is 22.9. The summed E-state index contributed by atoms with van der Waals surface area (Å²) in [6.07, 6.45) is 0. The summed E-state index contributed by atoms with van der Waals surface area (Å²) in [5.41, 5.74) is 2.35. The van der Waals surface area contributed by atoms with Crippen LogP contribution in [-0.4, -0.2) is 73.5 Å². The Morgan fingerprint density at radius 1 is 0.938 bits per heavy atom. The van der Waals surface area contributed by atoms with E-state index < -0.39 is 0 Å². The van der Waals surface area contributed by atoms with Gasteiger partial charge in [-0.05, 0) is 50.2 Å². The van der Waals surface area contributed by atoms with E-state index in [2.05, 4.69) is 10.6 Å². The number of amides is 3. The molecule has 2 aromatic rings. The number of morpholine rings is 1. The van der Waals surface area contributed by atoms with E-state index in [0.29, 0.717) is 61.9 Å². The van der Waals surface area contributed by atoms with Crippen LogP contribution >= 0.6 is 0 Å². The van der Waals surface area contributed by atoms with E-state index in [-0.39, 0.29) is 24.3 Å². The van der Waals surface area contributed by atoms with Crippen LogP contribution in [0.15, 0.2) is 48.5 Å². The lowest BCUT2D eigenvalue weighted by Gasteiger charge is -2.27. The maximum atomic E-state index is 12.6. The number of rotatable bonds is 8. The van der Waals surface area contributed by atoms with Gasteiger partial charge >= 0.3 is 0 Å². The van der Waals surface area contributed by atoms with E-state index in [0.717, 1.165) is 0 Å². The van der Waals surface area contributed by atoms with Crippen LogP contribution in [0.2, 0.25) is 0 Å². The first-order valence-corrected chi connectivity index (χ1v) is 10.9. The van der Waals surface area contributed by atoms with E-state index in [9.17, 15) is 14.4 Å². The van der Waals surface area contributed by atoms with Crippen LogP contribution in [0, 0.1) is 0 Å². The van der Waals surface area contributed by atoms with Crippen LogP contribution in [0.25, 0.3) is 0 Å². The van der Waals surface area contributed by atoms with Crippen molar-refractivity contribution in [3.8, 4) is 0 Å². The lowest BCUT2D eigenvalue weighted by molar-refractivity contribution is -0.114. The van der Waals surface area contributed by atoms with Crippen molar-refractivity contribution in [1.82, 2.24) is 9.80 Å². The van der Waals surface area contributed by atoms with Gasteiger partial charge in [0.05, 0.1) is 19.8 Å². The summed E-state index contributed by atoms with van der Waals surface area (Å²) in [6.45, 7) is 7.40. The quantitative estimate of drug-likeness (QED) is 0.661. The first-order chi connectivity index (χ1) is 15.5. The molecule has 1 aliphatic heterocycles. The van der Waals surface area contributed by atoms with Gasteiger partial charge in [0.25, 0.3) is 11.8 Å². The summed E-state index contributed by atoms with van der Waals surface area (Å²) in [4.78, 5) is 41.1. The second-order valence-corrected chi connectivity index (χ2v) is 7.45. The second kappa shape index (κ2) is 11.3. The minimum absolute atomic E-state index is 0.0323. The summed E-state index contributed by atoms with van der Waals surface area (Å²) < 4.78 is 5.29. The molecule has 1 fully saturated rings. The molecular weight excluding hydrogens is 408 g/mol. The molecular formula is C24H30N4O4. The average Bonchev–Trinajstić information content (AvgIpc) is 2.84. The molecule has 0 saturated carbocycles. The SMILES string of the molecule is CCN(CC)C(=O)c1cccc(NCC(=O)Nc2cccc(C(=O)N3CCOCC3)c2)c1. The molecule has 8 nitrogen and oxygen atoms in total. The fraction of sp³-hybridized carbons (Fsp3) is 0.375. The van der Waals surface area contributed by atoms with E-state index in [1.54, 1.807) is 52.3 Å². The lowest BCUT2D eigenvalue weighted by atomic mass is 10.1. The van der Waals surface area contributed by atoms with Crippen molar-refractivity contribution in [1.29, 1.82) is 0 Å². The summed E-state index contributed by atoms with van der Waals surface area (Å²) in [5, 5.41) is 5.86. The van der Waals surface area contributed by atoms with Gasteiger partial charge in [0, 0.05) is 48.7 Å². The molecule has 1 aliphatic rings. The Kier molecular flexibility index (Phi) is 8.21. The van der Waals surface area contributed by atoms with Crippen molar-refractivity contribution in [2.24, 2.45) is 0 Å². The molecule has 0 spiro atoms. The Morgan fingerprint density at radius 3 is 2.25 bits per heavy atom. The van der Waals surface area contributed by atoms with Crippen molar-refractivity contribution in [2.75, 3.05) is 56.6 Å². The number of carbonyl (C=O) groups is 3. The Bertz CT molecular complexity index is 953. The monoisotopic (exact) mass is 438 g/mol. The van der Waals surface area contributed by atoms with E-state index in [1.165, 1.54) is 0 Å². The maximum absolute atomic E-state index is 12.6. The number of benzene rings is 2. The molecule has 0 unspecified atom stereocenters. The topological polar surface area (TPSA) is 91.0 Å². The van der Waals surface area contributed by atoms with Crippen LogP contribution in [0.3, 0.4) is 0 Å². The van der Waals surface area contributed by atoms with Crippen molar-refractivity contribution in [2.45, 2.75) is 13.8 Å². The van der Waals surface area contributed by atoms with Crippen molar-refractivity contribution in [3.05, 3.63) is 59.7 Å². The molecule has 1 heterocycles. The van der Waals surface area contributed by atoms with Gasteiger partial charge in [0.2, 0.25) is 5.91 Å². The smallest absolute Gasteiger partial charge is 0.254 e. The highest BCUT2D eigenvalue weighted by molar-refractivity contribution is 5.98. The summed E-state index contributed by atoms with van der Waals surface area (Å²) >= 11 is 0. The Balaban J connectivity index is 1.57. The fourth-order valence-electron chi connectivity index (χ4n) is 3.52. The van der Waals surface area contributed by atoms with Crippen LogP contribution in [0.1, 0.15) is 34.6 Å². The lowest BCUT2D eigenvalue weighted by Crippen LogP contribution is -2.40. The van der Waals surface area contributed by atoms with E-state index in [1.807, 2.05) is 19.9 Å². The minimum Gasteiger partial charge on any atom is -0.378 e. The highest BCUT2D eigenvalue weighted by Gasteiger charge is 2.19. The van der Waals surface area contributed by atoms with Gasteiger partial charge in [-0.2, -0.15) is 0 Å². The third-order valence-electron chi connectivity index (χ3n) is 5.30. The summed E-state index contributed by atoms with van der Waals surface area (Å²) in [6, 6.07) is 14.0. The normalized spacial score (nSPS) is 13.4. The largest absolute Gasteiger partial charge is 0.378 e. The van der Waals surface area contributed by atoms with E-state index >= 15 is 0 Å². The summed E-state index contributed by atoms with van der Waals surface area (Å²) in [5.74, 6) is -0.358. The number of ether oxygens (including phenoxy) is 1. The maximum Gasteiger partial charge on any atom is 0.254 e. The van der Waals surface area contributed by atoms with Crippen LogP contribution in [0.4, 0.5) is 11.4 Å². The zero-order valence-electron chi connectivity index (χ0n) is 18.6. The van der Waals surface area contributed by atoms with Crippen molar-refractivity contribution >= 4 is 29.1 Å². The molecule has 0 aliphatic carbocycles. The van der Waals surface area contributed by atoms with Gasteiger partial charge in [-0.15, -0.1) is 0 Å². The average molecular weight is 439 g/mol.